The molecule has 2 aromatic heterocycles. The number of nitrogens with two attached hydrogens (primary N) is 1. The van der Waals surface area contributed by atoms with Crippen LogP contribution in [-0.2, 0) is 0 Å². The molecule has 0 aromatic carbocycles. The Bertz CT molecular complexity index is 381. The van der Waals surface area contributed by atoms with Crippen LogP contribution in [0.25, 0.3) is 0 Å². The summed E-state index contributed by atoms with van der Waals surface area (Å²) in [5.41, 5.74) is 8.02. The Kier molecular flexibility index (Phi) is 6.01. The van der Waals surface area contributed by atoms with Crippen LogP contribution in [0.15, 0.2) is 49.1 Å². The molecule has 0 amide bonds. The van der Waals surface area contributed by atoms with Crippen molar-refractivity contribution in [2.75, 3.05) is 0 Å². The molecule has 1 unspecified atom stereocenters. The average molecular weight is 243 g/mol. The fourth-order valence-electron chi connectivity index (χ4n) is 1.38. The lowest BCUT2D eigenvalue weighted by Gasteiger charge is -2.01. The van der Waals surface area contributed by atoms with Crippen molar-refractivity contribution in [3.05, 3.63) is 60.2 Å². The molecule has 0 aliphatic rings. The van der Waals surface area contributed by atoms with Crippen LogP contribution in [0.3, 0.4) is 0 Å². The van der Waals surface area contributed by atoms with Gasteiger partial charge in [0, 0.05) is 30.8 Å². The van der Waals surface area contributed by atoms with Gasteiger partial charge < -0.3 is 5.73 Å². The average Bonchev–Trinajstić information content (AvgIpc) is 2.41. The van der Waals surface area contributed by atoms with E-state index in [2.05, 4.69) is 29.9 Å². The van der Waals surface area contributed by atoms with Crippen LogP contribution < -0.4 is 5.73 Å². The number of nitrogens with zero attached hydrogens (tertiary/aromatic N) is 2. The van der Waals surface area contributed by atoms with Crippen LogP contribution in [0.1, 0.15) is 43.9 Å². The van der Waals surface area contributed by atoms with Gasteiger partial charge in [-0.25, -0.2) is 0 Å². The van der Waals surface area contributed by atoms with E-state index in [9.17, 15) is 0 Å². The maximum absolute atomic E-state index is 5.59. The summed E-state index contributed by atoms with van der Waals surface area (Å²) >= 11 is 0. The molecule has 2 heterocycles. The molecule has 3 heteroatoms. The highest BCUT2D eigenvalue weighted by atomic mass is 14.6. The van der Waals surface area contributed by atoms with Gasteiger partial charge in [-0.3, -0.25) is 9.97 Å². The second kappa shape index (κ2) is 7.56. The molecule has 0 aliphatic carbocycles. The smallest absolute Gasteiger partial charge is 0.0302 e. The van der Waals surface area contributed by atoms with Crippen molar-refractivity contribution in [2.45, 2.75) is 32.7 Å². The van der Waals surface area contributed by atoms with Gasteiger partial charge in [0.25, 0.3) is 0 Å². The van der Waals surface area contributed by atoms with Crippen LogP contribution in [0.5, 0.6) is 0 Å². The molecule has 0 fully saturated rings. The van der Waals surface area contributed by atoms with Crippen molar-refractivity contribution < 1.29 is 0 Å². The maximum atomic E-state index is 5.59. The van der Waals surface area contributed by atoms with E-state index in [1.807, 2.05) is 31.3 Å². The predicted octanol–water partition coefficient (Wildman–Crippen LogP) is 3.31. The summed E-state index contributed by atoms with van der Waals surface area (Å²) in [7, 11) is 0. The van der Waals surface area contributed by atoms with Crippen molar-refractivity contribution in [3.8, 4) is 0 Å². The van der Waals surface area contributed by atoms with Crippen LogP contribution in [0.4, 0.5) is 0 Å². The standard InChI is InChI=1S/C8H11N.C7H10N2/c1-7(2)8-4-3-5-9-6-8;1-6(8)7-2-4-9-5-3-7/h3-7H,1-2H3;2-6H,8H2,1H3. The van der Waals surface area contributed by atoms with Gasteiger partial charge in [0.1, 0.15) is 0 Å². The zero-order valence-electron chi connectivity index (χ0n) is 11.2. The first-order valence-corrected chi connectivity index (χ1v) is 6.16. The van der Waals surface area contributed by atoms with E-state index in [1.54, 1.807) is 18.6 Å². The third-order valence-corrected chi connectivity index (χ3v) is 2.58. The second-order valence-electron chi connectivity index (χ2n) is 4.51. The number of pyridine rings is 2. The van der Waals surface area contributed by atoms with Gasteiger partial charge in [-0.05, 0) is 42.2 Å². The Labute approximate surface area is 109 Å². The molecular weight excluding hydrogens is 222 g/mol. The number of hydrogen-bond acceptors (Lipinski definition) is 3. The Hall–Kier alpha value is -1.74. The lowest BCUT2D eigenvalue weighted by molar-refractivity contribution is 0.815. The third-order valence-electron chi connectivity index (χ3n) is 2.58. The van der Waals surface area contributed by atoms with Crippen LogP contribution >= 0.6 is 0 Å². The lowest BCUT2D eigenvalue weighted by atomic mass is 10.1. The first kappa shape index (κ1) is 14.3. The largest absolute Gasteiger partial charge is 0.324 e. The molecular formula is C15H21N3. The summed E-state index contributed by atoms with van der Waals surface area (Å²) in [4.78, 5) is 7.88. The zero-order valence-corrected chi connectivity index (χ0v) is 11.2. The molecule has 0 radical (unpaired) electrons. The summed E-state index contributed by atoms with van der Waals surface area (Å²) in [5.74, 6) is 0.596. The first-order chi connectivity index (χ1) is 8.61. The highest BCUT2D eigenvalue weighted by molar-refractivity contribution is 5.13. The van der Waals surface area contributed by atoms with E-state index in [-0.39, 0.29) is 6.04 Å². The van der Waals surface area contributed by atoms with Gasteiger partial charge in [-0.15, -0.1) is 0 Å². The quantitative estimate of drug-likeness (QED) is 0.880. The van der Waals surface area contributed by atoms with E-state index in [4.69, 9.17) is 5.73 Å². The molecule has 2 aromatic rings. The number of aromatic nitrogens is 2. The number of hydrogen-bond donors (Lipinski definition) is 1. The molecule has 0 saturated carbocycles. The van der Waals surface area contributed by atoms with Gasteiger partial charge in [0.2, 0.25) is 0 Å². The van der Waals surface area contributed by atoms with Gasteiger partial charge in [0.15, 0.2) is 0 Å². The molecule has 1 atom stereocenters. The Morgan fingerprint density at radius 2 is 1.56 bits per heavy atom. The Balaban J connectivity index is 0.000000180. The van der Waals surface area contributed by atoms with Crippen LogP contribution in [0, 0.1) is 0 Å². The van der Waals surface area contributed by atoms with Gasteiger partial charge in [0.05, 0.1) is 0 Å². The van der Waals surface area contributed by atoms with E-state index in [0.717, 1.165) is 5.56 Å². The minimum Gasteiger partial charge on any atom is -0.324 e. The van der Waals surface area contributed by atoms with Gasteiger partial charge in [-0.1, -0.05) is 19.9 Å². The second-order valence-corrected chi connectivity index (χ2v) is 4.51. The van der Waals surface area contributed by atoms with E-state index in [1.165, 1.54) is 5.56 Å². The van der Waals surface area contributed by atoms with Crippen molar-refractivity contribution in [3.63, 3.8) is 0 Å². The monoisotopic (exact) mass is 243 g/mol. The fourth-order valence-corrected chi connectivity index (χ4v) is 1.38. The Morgan fingerprint density at radius 1 is 0.889 bits per heavy atom. The molecule has 0 saturated heterocycles. The molecule has 96 valence electrons. The zero-order chi connectivity index (χ0) is 13.4. The predicted molar refractivity (Wildman–Crippen MR) is 75.2 cm³/mol. The van der Waals surface area contributed by atoms with E-state index in [0.29, 0.717) is 5.92 Å². The molecule has 2 rings (SSSR count). The molecule has 3 nitrogen and oxygen atoms in total. The normalized spacial score (nSPS) is 11.6. The van der Waals surface area contributed by atoms with Crippen molar-refractivity contribution in [1.82, 2.24) is 9.97 Å². The van der Waals surface area contributed by atoms with E-state index < -0.39 is 0 Å². The van der Waals surface area contributed by atoms with Gasteiger partial charge >= 0.3 is 0 Å². The van der Waals surface area contributed by atoms with E-state index >= 15 is 0 Å². The van der Waals surface area contributed by atoms with Crippen molar-refractivity contribution >= 4 is 0 Å². The fraction of sp³-hybridized carbons (Fsp3) is 0.333. The molecule has 0 aliphatic heterocycles. The number of rotatable bonds is 2. The lowest BCUT2D eigenvalue weighted by Crippen LogP contribution is -2.04. The summed E-state index contributed by atoms with van der Waals surface area (Å²) in [6.07, 6.45) is 7.20. The first-order valence-electron chi connectivity index (χ1n) is 6.16. The minimum atomic E-state index is 0.119. The van der Waals surface area contributed by atoms with Crippen molar-refractivity contribution in [1.29, 1.82) is 0 Å². The highest BCUT2D eigenvalue weighted by Crippen LogP contribution is 2.10. The van der Waals surface area contributed by atoms with Crippen molar-refractivity contribution in [2.24, 2.45) is 5.73 Å². The summed E-state index contributed by atoms with van der Waals surface area (Å²) in [6, 6.07) is 8.02. The van der Waals surface area contributed by atoms with Crippen LogP contribution in [-0.4, -0.2) is 9.97 Å². The molecule has 18 heavy (non-hydrogen) atoms. The minimum absolute atomic E-state index is 0.119. The topological polar surface area (TPSA) is 51.8 Å². The molecule has 2 N–H and O–H groups in total. The molecule has 0 spiro atoms. The SMILES string of the molecule is CC(C)c1cccnc1.CC(N)c1ccncc1. The molecule has 0 bridgehead atoms. The summed E-state index contributed by atoms with van der Waals surface area (Å²) < 4.78 is 0. The highest BCUT2D eigenvalue weighted by Gasteiger charge is 1.95. The third kappa shape index (κ3) is 5.06. The summed E-state index contributed by atoms with van der Waals surface area (Å²) in [6.45, 7) is 6.28. The van der Waals surface area contributed by atoms with Crippen LogP contribution in [0.2, 0.25) is 0 Å². The summed E-state index contributed by atoms with van der Waals surface area (Å²) in [5, 5.41) is 0. The maximum Gasteiger partial charge on any atom is 0.0302 e. The Morgan fingerprint density at radius 3 is 1.89 bits per heavy atom. The van der Waals surface area contributed by atoms with Gasteiger partial charge in [-0.2, -0.15) is 0 Å².